The maximum absolute atomic E-state index is 11.7. The van der Waals surface area contributed by atoms with E-state index >= 15 is 0 Å². The molecular weight excluding hydrogens is 242 g/mol. The molecule has 0 saturated carbocycles. The molecular formula is C11H16ClN3O2. The van der Waals surface area contributed by atoms with Crippen LogP contribution in [0.5, 0.6) is 0 Å². The molecule has 1 aromatic heterocycles. The van der Waals surface area contributed by atoms with Crippen LogP contribution in [0.1, 0.15) is 19.3 Å². The van der Waals surface area contributed by atoms with Gasteiger partial charge in [0, 0.05) is 31.7 Å². The lowest BCUT2D eigenvalue weighted by atomic mass is 10.4. The molecule has 0 atom stereocenters. The topological polar surface area (TPSA) is 58.1 Å². The Hall–Kier alpha value is -1.23. The Morgan fingerprint density at radius 2 is 2.00 bits per heavy atom. The fourth-order valence-electron chi connectivity index (χ4n) is 2.08. The molecule has 6 heteroatoms. The lowest BCUT2D eigenvalue weighted by Crippen LogP contribution is -2.35. The second kappa shape index (κ2) is 5.40. The molecule has 1 N–H and O–H groups in total. The minimum absolute atomic E-state index is 0.293. The Balaban J connectivity index is 2.31. The first-order valence-electron chi connectivity index (χ1n) is 5.87. The zero-order chi connectivity index (χ0) is 12.3. The fraction of sp³-hybridized carbons (Fsp3) is 0.636. The number of hydrogen-bond donors (Lipinski definition) is 1. The van der Waals surface area contributed by atoms with E-state index in [0.717, 1.165) is 25.9 Å². The van der Waals surface area contributed by atoms with Gasteiger partial charge < -0.3 is 4.90 Å². The SMILES string of the molecule is O=c1[nH]c(=O)n(CCCCl)cc1N1CCCC1. The number of aromatic amines is 1. The van der Waals surface area contributed by atoms with Crippen molar-refractivity contribution < 1.29 is 0 Å². The second-order valence-corrected chi connectivity index (χ2v) is 4.58. The average molecular weight is 258 g/mol. The molecule has 0 amide bonds. The minimum atomic E-state index is -0.358. The fourth-order valence-corrected chi connectivity index (χ4v) is 2.20. The summed E-state index contributed by atoms with van der Waals surface area (Å²) in [5, 5.41) is 0. The van der Waals surface area contributed by atoms with E-state index in [1.165, 1.54) is 4.57 Å². The summed E-state index contributed by atoms with van der Waals surface area (Å²) in [4.78, 5) is 27.7. The Labute approximate surface area is 104 Å². The molecule has 0 aromatic carbocycles. The number of nitrogens with zero attached hydrogens (tertiary/aromatic N) is 2. The maximum atomic E-state index is 11.7. The summed E-state index contributed by atoms with van der Waals surface area (Å²) in [6, 6.07) is 0. The summed E-state index contributed by atoms with van der Waals surface area (Å²) in [7, 11) is 0. The number of aryl methyl sites for hydroxylation is 1. The van der Waals surface area contributed by atoms with Crippen molar-refractivity contribution in [1.82, 2.24) is 9.55 Å². The highest BCUT2D eigenvalue weighted by atomic mass is 35.5. The van der Waals surface area contributed by atoms with Gasteiger partial charge in [0.2, 0.25) is 0 Å². The first kappa shape index (κ1) is 12.2. The van der Waals surface area contributed by atoms with Gasteiger partial charge in [-0.25, -0.2) is 4.79 Å². The van der Waals surface area contributed by atoms with Crippen molar-refractivity contribution in [3.8, 4) is 0 Å². The van der Waals surface area contributed by atoms with Crippen LogP contribution >= 0.6 is 11.6 Å². The van der Waals surface area contributed by atoms with E-state index in [4.69, 9.17) is 11.6 Å². The second-order valence-electron chi connectivity index (χ2n) is 4.20. The van der Waals surface area contributed by atoms with Gasteiger partial charge in [0.05, 0.1) is 0 Å². The summed E-state index contributed by atoms with van der Waals surface area (Å²) < 4.78 is 1.53. The van der Waals surface area contributed by atoms with E-state index in [9.17, 15) is 9.59 Å². The highest BCUT2D eigenvalue weighted by molar-refractivity contribution is 6.17. The van der Waals surface area contributed by atoms with E-state index < -0.39 is 0 Å². The van der Waals surface area contributed by atoms with Crippen molar-refractivity contribution in [3.05, 3.63) is 27.0 Å². The molecule has 1 fully saturated rings. The van der Waals surface area contributed by atoms with Gasteiger partial charge in [-0.1, -0.05) is 0 Å². The molecule has 0 spiro atoms. The summed E-state index contributed by atoms with van der Waals surface area (Å²) in [5.74, 6) is 0.505. The molecule has 1 saturated heterocycles. The summed E-state index contributed by atoms with van der Waals surface area (Å²) >= 11 is 5.60. The third-order valence-corrected chi connectivity index (χ3v) is 3.24. The molecule has 2 rings (SSSR count). The normalized spacial score (nSPS) is 15.5. The van der Waals surface area contributed by atoms with E-state index in [0.29, 0.717) is 24.5 Å². The van der Waals surface area contributed by atoms with Crippen LogP contribution in [0, 0.1) is 0 Å². The Kier molecular flexibility index (Phi) is 3.89. The van der Waals surface area contributed by atoms with Crippen molar-refractivity contribution in [3.63, 3.8) is 0 Å². The van der Waals surface area contributed by atoms with Gasteiger partial charge in [0.25, 0.3) is 5.56 Å². The first-order chi connectivity index (χ1) is 8.22. The standard InChI is InChI=1S/C11H16ClN3O2/c12-4-3-7-15-8-9(10(16)13-11(15)17)14-5-1-2-6-14/h8H,1-7H2,(H,13,16,17). The predicted molar refractivity (Wildman–Crippen MR) is 68.1 cm³/mol. The van der Waals surface area contributed by atoms with Gasteiger partial charge in [-0.2, -0.15) is 0 Å². The molecule has 1 aromatic rings. The molecule has 1 aliphatic heterocycles. The Morgan fingerprint density at radius 1 is 1.29 bits per heavy atom. The van der Waals surface area contributed by atoms with Crippen LogP contribution in [0.3, 0.4) is 0 Å². The van der Waals surface area contributed by atoms with Gasteiger partial charge in [-0.15, -0.1) is 11.6 Å². The highest BCUT2D eigenvalue weighted by Crippen LogP contribution is 2.14. The number of rotatable bonds is 4. The summed E-state index contributed by atoms with van der Waals surface area (Å²) in [5.41, 5.74) is -0.0567. The first-order valence-corrected chi connectivity index (χ1v) is 6.40. The van der Waals surface area contributed by atoms with Crippen molar-refractivity contribution in [2.45, 2.75) is 25.8 Å². The molecule has 2 heterocycles. The molecule has 0 radical (unpaired) electrons. The molecule has 1 aliphatic rings. The molecule has 5 nitrogen and oxygen atoms in total. The van der Waals surface area contributed by atoms with E-state index in [1.807, 2.05) is 4.90 Å². The zero-order valence-corrected chi connectivity index (χ0v) is 10.4. The number of H-pyrrole nitrogens is 1. The number of alkyl halides is 1. The number of aromatic nitrogens is 2. The van der Waals surface area contributed by atoms with Crippen LogP contribution in [0.4, 0.5) is 5.69 Å². The maximum Gasteiger partial charge on any atom is 0.328 e. The van der Waals surface area contributed by atoms with Gasteiger partial charge in [-0.05, 0) is 19.3 Å². The predicted octanol–water partition coefficient (Wildman–Crippen LogP) is 0.766. The van der Waals surface area contributed by atoms with Crippen molar-refractivity contribution in [1.29, 1.82) is 0 Å². The van der Waals surface area contributed by atoms with E-state index in [1.54, 1.807) is 6.20 Å². The third-order valence-electron chi connectivity index (χ3n) is 2.97. The largest absolute Gasteiger partial charge is 0.366 e. The van der Waals surface area contributed by atoms with Crippen LogP contribution in [0.15, 0.2) is 15.8 Å². The van der Waals surface area contributed by atoms with Crippen LogP contribution in [-0.4, -0.2) is 28.5 Å². The number of halogens is 1. The van der Waals surface area contributed by atoms with Gasteiger partial charge in [0.1, 0.15) is 5.69 Å². The molecule has 17 heavy (non-hydrogen) atoms. The van der Waals surface area contributed by atoms with Crippen molar-refractivity contribution in [2.24, 2.45) is 0 Å². The molecule has 0 bridgehead atoms. The Morgan fingerprint density at radius 3 is 2.65 bits per heavy atom. The summed E-state index contributed by atoms with van der Waals surface area (Å²) in [6.07, 6.45) is 4.56. The molecule has 0 aliphatic carbocycles. The lowest BCUT2D eigenvalue weighted by molar-refractivity contribution is 0.632. The number of hydrogen-bond acceptors (Lipinski definition) is 3. The van der Waals surface area contributed by atoms with Crippen LogP contribution in [0.2, 0.25) is 0 Å². The van der Waals surface area contributed by atoms with Crippen LogP contribution in [-0.2, 0) is 6.54 Å². The van der Waals surface area contributed by atoms with Gasteiger partial charge in [0.15, 0.2) is 0 Å². The molecule has 94 valence electrons. The highest BCUT2D eigenvalue weighted by Gasteiger charge is 2.16. The zero-order valence-electron chi connectivity index (χ0n) is 9.62. The van der Waals surface area contributed by atoms with Crippen LogP contribution in [0.25, 0.3) is 0 Å². The monoisotopic (exact) mass is 257 g/mol. The smallest absolute Gasteiger partial charge is 0.328 e. The van der Waals surface area contributed by atoms with E-state index in [2.05, 4.69) is 4.98 Å². The van der Waals surface area contributed by atoms with Crippen molar-refractivity contribution in [2.75, 3.05) is 23.9 Å². The van der Waals surface area contributed by atoms with Crippen LogP contribution < -0.4 is 16.1 Å². The van der Waals surface area contributed by atoms with Gasteiger partial charge in [-0.3, -0.25) is 14.3 Å². The average Bonchev–Trinajstić information content (AvgIpc) is 2.81. The number of anilines is 1. The molecule has 0 unspecified atom stereocenters. The number of nitrogens with one attached hydrogen (secondary N) is 1. The Bertz CT molecular complexity index is 488. The van der Waals surface area contributed by atoms with Gasteiger partial charge >= 0.3 is 5.69 Å². The lowest BCUT2D eigenvalue weighted by Gasteiger charge is -2.17. The van der Waals surface area contributed by atoms with Crippen molar-refractivity contribution >= 4 is 17.3 Å². The third kappa shape index (κ3) is 2.72. The minimum Gasteiger partial charge on any atom is -0.366 e. The quantitative estimate of drug-likeness (QED) is 0.811. The van der Waals surface area contributed by atoms with E-state index in [-0.39, 0.29) is 11.2 Å². The summed E-state index contributed by atoms with van der Waals surface area (Å²) in [6.45, 7) is 2.31.